The minimum Gasteiger partial charge on any atom is -0.274 e. The summed E-state index contributed by atoms with van der Waals surface area (Å²) in [6, 6.07) is 10.9. The van der Waals surface area contributed by atoms with Crippen molar-refractivity contribution in [1.29, 1.82) is 10.5 Å². The summed E-state index contributed by atoms with van der Waals surface area (Å²) in [7, 11) is 0. The van der Waals surface area contributed by atoms with Crippen LogP contribution >= 0.6 is 0 Å². The van der Waals surface area contributed by atoms with Crippen LogP contribution in [0.2, 0.25) is 0 Å². The smallest absolute Gasteiger partial charge is 0.269 e. The highest BCUT2D eigenvalue weighted by Gasteiger charge is 2.18. The van der Waals surface area contributed by atoms with Crippen molar-refractivity contribution in [2.45, 2.75) is 32.4 Å². The Balaban J connectivity index is 1.86. The maximum Gasteiger partial charge on any atom is 0.269 e. The van der Waals surface area contributed by atoms with E-state index in [1.807, 2.05) is 0 Å². The molecule has 2 amide bonds. The number of non-ortho nitro benzene ring substituents is 2. The molecular formula is C21H18N6O6. The molecule has 2 aromatic rings. The number of nitriles is 2. The summed E-state index contributed by atoms with van der Waals surface area (Å²) in [5, 5.41) is 39.9. The second kappa shape index (κ2) is 11.5. The van der Waals surface area contributed by atoms with Crippen molar-refractivity contribution in [3.05, 3.63) is 79.9 Å². The van der Waals surface area contributed by atoms with Gasteiger partial charge in [0.15, 0.2) is 12.4 Å². The van der Waals surface area contributed by atoms with Gasteiger partial charge in [0.05, 0.1) is 22.9 Å². The molecule has 2 aromatic carbocycles. The third kappa shape index (κ3) is 7.11. The summed E-state index contributed by atoms with van der Waals surface area (Å²) in [6.07, 6.45) is 3.41. The maximum atomic E-state index is 12.3. The van der Waals surface area contributed by atoms with Gasteiger partial charge in [-0.25, -0.2) is 9.80 Å². The lowest BCUT2D eigenvalue weighted by Gasteiger charge is -2.15. The first kappa shape index (κ1) is 24.4. The number of carbonyl (C=O) groups is 2. The number of nitro benzene ring substituents is 2. The summed E-state index contributed by atoms with van der Waals surface area (Å²) < 4.78 is 0. The standard InChI is InChI=1S/C21H18N6O6/c22-14-24(12-16-4-8-18(9-5-16)26(30)31)20(28)2-1-3-21(29)25(15-23)13-17-6-10-19(11-7-17)27(32)33/h4-11H,1-3,12-13H2. The Bertz CT molecular complexity index is 1030. The molecule has 0 aliphatic heterocycles. The van der Waals surface area contributed by atoms with Gasteiger partial charge in [-0.3, -0.25) is 29.8 Å². The van der Waals surface area contributed by atoms with Crippen molar-refractivity contribution in [3.8, 4) is 12.4 Å². The zero-order valence-corrected chi connectivity index (χ0v) is 17.3. The van der Waals surface area contributed by atoms with Crippen LogP contribution in [0.4, 0.5) is 11.4 Å². The lowest BCUT2D eigenvalue weighted by atomic mass is 10.1. The lowest BCUT2D eigenvalue weighted by Crippen LogP contribution is -2.27. The van der Waals surface area contributed by atoms with Crippen LogP contribution in [-0.4, -0.2) is 31.5 Å². The summed E-state index contributed by atoms with van der Waals surface area (Å²) in [5.74, 6) is -1.05. The van der Waals surface area contributed by atoms with Crippen molar-refractivity contribution in [2.75, 3.05) is 0 Å². The highest BCUT2D eigenvalue weighted by Crippen LogP contribution is 2.16. The van der Waals surface area contributed by atoms with E-state index in [9.17, 15) is 40.3 Å². The Labute approximate surface area is 188 Å². The van der Waals surface area contributed by atoms with Crippen molar-refractivity contribution >= 4 is 23.2 Å². The van der Waals surface area contributed by atoms with Gasteiger partial charge in [0.25, 0.3) is 11.4 Å². The van der Waals surface area contributed by atoms with E-state index in [4.69, 9.17) is 0 Å². The topological polar surface area (TPSA) is 174 Å². The third-order valence-corrected chi connectivity index (χ3v) is 4.60. The van der Waals surface area contributed by atoms with Crippen LogP contribution in [0.25, 0.3) is 0 Å². The minimum absolute atomic E-state index is 0.0638. The highest BCUT2D eigenvalue weighted by atomic mass is 16.6. The molecule has 0 N–H and O–H groups in total. The average molecular weight is 450 g/mol. The van der Waals surface area contributed by atoms with Gasteiger partial charge in [-0.05, 0) is 17.5 Å². The van der Waals surface area contributed by atoms with Crippen LogP contribution in [0, 0.1) is 43.1 Å². The first-order valence-electron chi connectivity index (χ1n) is 9.62. The number of nitrogens with zero attached hydrogens (tertiary/aromatic N) is 6. The molecule has 12 heteroatoms. The number of hydrogen-bond acceptors (Lipinski definition) is 8. The second-order valence-corrected chi connectivity index (χ2v) is 6.86. The predicted molar refractivity (Wildman–Crippen MR) is 112 cm³/mol. The summed E-state index contributed by atoms with van der Waals surface area (Å²) >= 11 is 0. The van der Waals surface area contributed by atoms with Crippen LogP contribution < -0.4 is 0 Å². The largest absolute Gasteiger partial charge is 0.274 e. The van der Waals surface area contributed by atoms with Gasteiger partial charge in [-0.2, -0.15) is 10.5 Å². The maximum absolute atomic E-state index is 12.3. The fourth-order valence-corrected chi connectivity index (χ4v) is 2.83. The quantitative estimate of drug-likeness (QED) is 0.230. The number of carbonyl (C=O) groups excluding carboxylic acids is 2. The van der Waals surface area contributed by atoms with Gasteiger partial charge in [0.1, 0.15) is 0 Å². The predicted octanol–water partition coefficient (Wildman–Crippen LogP) is 2.99. The molecule has 33 heavy (non-hydrogen) atoms. The first-order valence-corrected chi connectivity index (χ1v) is 9.62. The molecule has 0 saturated heterocycles. The number of rotatable bonds is 10. The van der Waals surface area contributed by atoms with Gasteiger partial charge in [-0.1, -0.05) is 24.3 Å². The molecule has 0 spiro atoms. The lowest BCUT2D eigenvalue weighted by molar-refractivity contribution is -0.385. The number of nitro groups is 2. The van der Waals surface area contributed by atoms with E-state index in [0.29, 0.717) is 11.1 Å². The minimum atomic E-state index is -0.555. The average Bonchev–Trinajstić information content (AvgIpc) is 2.81. The normalized spacial score (nSPS) is 9.88. The Kier molecular flexibility index (Phi) is 8.53. The van der Waals surface area contributed by atoms with Gasteiger partial charge in [0, 0.05) is 37.1 Å². The molecule has 0 fully saturated rings. The van der Waals surface area contributed by atoms with Crippen LogP contribution in [0.3, 0.4) is 0 Å². The summed E-state index contributed by atoms with van der Waals surface area (Å²) in [5.41, 5.74) is 0.849. The van der Waals surface area contributed by atoms with Crippen LogP contribution in [-0.2, 0) is 22.7 Å². The van der Waals surface area contributed by atoms with E-state index < -0.39 is 21.7 Å². The molecular weight excluding hydrogens is 432 g/mol. The van der Waals surface area contributed by atoms with Crippen LogP contribution in [0.1, 0.15) is 30.4 Å². The fourth-order valence-electron chi connectivity index (χ4n) is 2.83. The molecule has 0 saturated carbocycles. The van der Waals surface area contributed by atoms with Gasteiger partial charge >= 0.3 is 0 Å². The van der Waals surface area contributed by atoms with Crippen molar-refractivity contribution in [1.82, 2.24) is 9.80 Å². The van der Waals surface area contributed by atoms with Crippen molar-refractivity contribution < 1.29 is 19.4 Å². The molecule has 0 bridgehead atoms. The van der Waals surface area contributed by atoms with Gasteiger partial charge in [-0.15, -0.1) is 0 Å². The van der Waals surface area contributed by atoms with E-state index in [2.05, 4.69) is 0 Å². The number of benzene rings is 2. The molecule has 168 valence electrons. The summed E-state index contributed by atoms with van der Waals surface area (Å²) in [4.78, 5) is 46.7. The molecule has 0 aliphatic rings. The van der Waals surface area contributed by atoms with Crippen LogP contribution in [0.5, 0.6) is 0 Å². The van der Waals surface area contributed by atoms with Crippen molar-refractivity contribution in [2.24, 2.45) is 0 Å². The Morgan fingerprint density at radius 2 is 1.06 bits per heavy atom. The Morgan fingerprint density at radius 3 is 1.33 bits per heavy atom. The molecule has 12 nitrogen and oxygen atoms in total. The monoisotopic (exact) mass is 450 g/mol. The first-order chi connectivity index (χ1) is 15.7. The Hall–Kier alpha value is -4.84. The zero-order chi connectivity index (χ0) is 24.4. The highest BCUT2D eigenvalue weighted by molar-refractivity contribution is 5.80. The molecule has 2 rings (SSSR count). The van der Waals surface area contributed by atoms with Gasteiger partial charge in [0.2, 0.25) is 11.8 Å². The SMILES string of the molecule is N#CN(Cc1ccc([N+](=O)[O-])cc1)C(=O)CCCC(=O)N(C#N)Cc1ccc([N+](=O)[O-])cc1. The van der Waals surface area contributed by atoms with Crippen molar-refractivity contribution in [3.63, 3.8) is 0 Å². The molecule has 0 aromatic heterocycles. The molecule has 0 atom stereocenters. The molecule has 0 radical (unpaired) electrons. The van der Waals surface area contributed by atoms with E-state index >= 15 is 0 Å². The molecule has 0 unspecified atom stereocenters. The summed E-state index contributed by atoms with van der Waals surface area (Å²) in [6.45, 7) is -0.128. The fraction of sp³-hybridized carbons (Fsp3) is 0.238. The molecule has 0 aliphatic carbocycles. The van der Waals surface area contributed by atoms with E-state index in [1.165, 1.54) is 48.5 Å². The zero-order valence-electron chi connectivity index (χ0n) is 17.3. The van der Waals surface area contributed by atoms with E-state index in [0.717, 1.165) is 9.80 Å². The van der Waals surface area contributed by atoms with E-state index in [1.54, 1.807) is 12.4 Å². The number of hydrogen-bond donors (Lipinski definition) is 0. The Morgan fingerprint density at radius 1 is 0.727 bits per heavy atom. The second-order valence-electron chi connectivity index (χ2n) is 6.86. The third-order valence-electron chi connectivity index (χ3n) is 4.60. The van der Waals surface area contributed by atoms with Gasteiger partial charge < -0.3 is 0 Å². The van der Waals surface area contributed by atoms with Crippen LogP contribution in [0.15, 0.2) is 48.5 Å². The van der Waals surface area contributed by atoms with E-state index in [-0.39, 0.29) is 43.7 Å². The molecule has 0 heterocycles. The number of amides is 2.